The Balaban J connectivity index is 1.21. The van der Waals surface area contributed by atoms with Gasteiger partial charge < -0.3 is 9.80 Å². The molecule has 1 aliphatic heterocycles. The Morgan fingerprint density at radius 3 is 2.40 bits per heavy atom. The normalized spacial score (nSPS) is 14.2. The second-order valence-electron chi connectivity index (χ2n) is 11.1. The molecule has 3 aromatic heterocycles. The van der Waals surface area contributed by atoms with Crippen LogP contribution in [0.3, 0.4) is 0 Å². The van der Waals surface area contributed by atoms with Gasteiger partial charge in [0.1, 0.15) is 0 Å². The summed E-state index contributed by atoms with van der Waals surface area (Å²) >= 11 is 0. The Morgan fingerprint density at radius 2 is 1.71 bits per heavy atom. The SMILES string of the molecule is Cc1cc(Cc2cc(C(F)(F)F)ccn2)nc(-c2ccc(CC3CCN(C(=O)c4ccccc4N(C)C)CC3)nc2)c1. The standard InChI is InChI=1S/C33H34F3N5O/c1-22-16-28(20-27-19-25(10-13-37-27)33(34,35)36)39-30(17-22)24-8-9-26(38-21-24)18-23-11-14-41(15-12-23)32(42)29-6-4-5-7-31(29)40(2)3/h4-10,13,16-17,19,21,23H,11-12,14-15,18,20H2,1-3H3. The lowest BCUT2D eigenvalue weighted by Crippen LogP contribution is -2.39. The van der Waals surface area contributed by atoms with Crippen LogP contribution in [-0.4, -0.2) is 52.9 Å². The van der Waals surface area contributed by atoms with E-state index in [2.05, 4.69) is 4.98 Å². The molecule has 1 amide bonds. The summed E-state index contributed by atoms with van der Waals surface area (Å²) in [7, 11) is 3.89. The van der Waals surface area contributed by atoms with Gasteiger partial charge in [-0.3, -0.25) is 19.7 Å². The lowest BCUT2D eigenvalue weighted by atomic mass is 9.91. The van der Waals surface area contributed by atoms with E-state index in [9.17, 15) is 18.0 Å². The Labute approximate surface area is 244 Å². The molecule has 4 heterocycles. The van der Waals surface area contributed by atoms with E-state index in [1.165, 1.54) is 6.20 Å². The molecule has 5 rings (SSSR count). The maximum absolute atomic E-state index is 13.2. The van der Waals surface area contributed by atoms with Crippen molar-refractivity contribution in [3.63, 3.8) is 0 Å². The molecule has 1 aromatic carbocycles. The number of likely N-dealkylation sites (tertiary alicyclic amines) is 1. The molecule has 0 saturated carbocycles. The number of nitrogens with zero attached hydrogens (tertiary/aromatic N) is 5. The second-order valence-corrected chi connectivity index (χ2v) is 11.1. The van der Waals surface area contributed by atoms with Crippen LogP contribution in [-0.2, 0) is 19.0 Å². The van der Waals surface area contributed by atoms with Gasteiger partial charge >= 0.3 is 6.18 Å². The van der Waals surface area contributed by atoms with E-state index in [1.54, 1.807) is 6.20 Å². The quantitative estimate of drug-likeness (QED) is 0.249. The number of alkyl halides is 3. The number of carbonyl (C=O) groups excluding carboxylic acids is 1. The molecule has 0 unspecified atom stereocenters. The van der Waals surface area contributed by atoms with Crippen molar-refractivity contribution < 1.29 is 18.0 Å². The average molecular weight is 574 g/mol. The van der Waals surface area contributed by atoms with E-state index < -0.39 is 11.7 Å². The van der Waals surface area contributed by atoms with Gasteiger partial charge in [-0.1, -0.05) is 12.1 Å². The van der Waals surface area contributed by atoms with Gasteiger partial charge in [-0.25, -0.2) is 0 Å². The number of para-hydroxylation sites is 1. The number of rotatable bonds is 7. The van der Waals surface area contributed by atoms with Gasteiger partial charge in [0.2, 0.25) is 0 Å². The third kappa shape index (κ3) is 6.95. The lowest BCUT2D eigenvalue weighted by Gasteiger charge is -2.32. The van der Waals surface area contributed by atoms with E-state index >= 15 is 0 Å². The summed E-state index contributed by atoms with van der Waals surface area (Å²) in [5.41, 5.74) is 5.43. The minimum absolute atomic E-state index is 0.0779. The van der Waals surface area contributed by atoms with Gasteiger partial charge in [0.05, 0.1) is 16.8 Å². The number of aryl methyl sites for hydroxylation is 1. The average Bonchev–Trinajstić information content (AvgIpc) is 2.97. The predicted molar refractivity (Wildman–Crippen MR) is 157 cm³/mol. The topological polar surface area (TPSA) is 62.2 Å². The highest BCUT2D eigenvalue weighted by atomic mass is 19.4. The van der Waals surface area contributed by atoms with Crippen molar-refractivity contribution in [2.24, 2.45) is 5.92 Å². The first-order chi connectivity index (χ1) is 20.1. The first kappa shape index (κ1) is 29.2. The van der Waals surface area contributed by atoms with Crippen molar-refractivity contribution in [2.75, 3.05) is 32.1 Å². The molecular weight excluding hydrogens is 539 g/mol. The maximum Gasteiger partial charge on any atom is 0.416 e. The van der Waals surface area contributed by atoms with Crippen molar-refractivity contribution in [2.45, 2.75) is 38.8 Å². The van der Waals surface area contributed by atoms with Crippen LogP contribution in [0.1, 0.15) is 51.4 Å². The number of anilines is 1. The number of amides is 1. The van der Waals surface area contributed by atoms with Gasteiger partial charge in [-0.15, -0.1) is 0 Å². The van der Waals surface area contributed by atoms with Crippen LogP contribution in [0.5, 0.6) is 0 Å². The van der Waals surface area contributed by atoms with Crippen LogP contribution >= 0.6 is 0 Å². The Bertz CT molecular complexity index is 1540. The number of aromatic nitrogens is 3. The molecule has 9 heteroatoms. The summed E-state index contributed by atoms with van der Waals surface area (Å²) in [5.74, 6) is 0.522. The Hall–Kier alpha value is -4.27. The summed E-state index contributed by atoms with van der Waals surface area (Å²) < 4.78 is 39.4. The van der Waals surface area contributed by atoms with Gasteiger partial charge in [0.15, 0.2) is 0 Å². The summed E-state index contributed by atoms with van der Waals surface area (Å²) in [5, 5.41) is 0. The number of pyridine rings is 3. The number of hydrogen-bond donors (Lipinski definition) is 0. The molecule has 0 N–H and O–H groups in total. The van der Waals surface area contributed by atoms with Gasteiger partial charge in [-0.05, 0) is 86.2 Å². The fourth-order valence-corrected chi connectivity index (χ4v) is 5.46. The second kappa shape index (κ2) is 12.3. The van der Waals surface area contributed by atoms with E-state index in [1.807, 2.05) is 79.3 Å². The van der Waals surface area contributed by atoms with Crippen LogP contribution < -0.4 is 4.90 Å². The number of hydrogen-bond acceptors (Lipinski definition) is 5. The van der Waals surface area contributed by atoms with E-state index in [0.29, 0.717) is 17.3 Å². The molecule has 0 radical (unpaired) electrons. The zero-order chi connectivity index (χ0) is 29.9. The number of halogens is 3. The number of piperidine rings is 1. The molecule has 4 aromatic rings. The van der Waals surface area contributed by atoms with Crippen molar-refractivity contribution in [3.8, 4) is 11.3 Å². The smallest absolute Gasteiger partial charge is 0.377 e. The molecule has 218 valence electrons. The van der Waals surface area contributed by atoms with E-state index in [4.69, 9.17) is 9.97 Å². The summed E-state index contributed by atoms with van der Waals surface area (Å²) in [4.78, 5) is 30.6. The molecule has 0 atom stereocenters. The Morgan fingerprint density at radius 1 is 0.952 bits per heavy atom. The highest BCUT2D eigenvalue weighted by Gasteiger charge is 2.30. The molecule has 0 aliphatic carbocycles. The van der Waals surface area contributed by atoms with Crippen LogP contribution in [0.2, 0.25) is 0 Å². The van der Waals surface area contributed by atoms with Gasteiger partial charge in [0, 0.05) is 74.3 Å². The summed E-state index contributed by atoms with van der Waals surface area (Å²) in [6, 6.07) is 17.6. The van der Waals surface area contributed by atoms with Crippen LogP contribution in [0.25, 0.3) is 11.3 Å². The fourth-order valence-electron chi connectivity index (χ4n) is 5.46. The minimum atomic E-state index is -4.41. The highest BCUT2D eigenvalue weighted by Crippen LogP contribution is 2.30. The largest absolute Gasteiger partial charge is 0.416 e. The van der Waals surface area contributed by atoms with Crippen LogP contribution in [0.4, 0.5) is 18.9 Å². The molecule has 1 aliphatic rings. The van der Waals surface area contributed by atoms with Crippen molar-refractivity contribution in [3.05, 3.63) is 107 Å². The summed E-state index contributed by atoms with van der Waals surface area (Å²) in [6.07, 6.45) is 1.46. The van der Waals surface area contributed by atoms with Crippen molar-refractivity contribution in [1.29, 1.82) is 0 Å². The summed E-state index contributed by atoms with van der Waals surface area (Å²) in [6.45, 7) is 3.38. The molecule has 42 heavy (non-hydrogen) atoms. The first-order valence-corrected chi connectivity index (χ1v) is 14.1. The molecule has 0 spiro atoms. The van der Waals surface area contributed by atoms with Gasteiger partial charge in [-0.2, -0.15) is 13.2 Å². The fraction of sp³-hybridized carbons (Fsp3) is 0.333. The molecule has 0 bridgehead atoms. The molecular formula is C33H34F3N5O. The first-order valence-electron chi connectivity index (χ1n) is 14.1. The monoisotopic (exact) mass is 573 g/mol. The third-order valence-corrected chi connectivity index (χ3v) is 7.67. The van der Waals surface area contributed by atoms with E-state index in [0.717, 1.165) is 78.3 Å². The Kier molecular flexibility index (Phi) is 8.56. The third-order valence-electron chi connectivity index (χ3n) is 7.67. The predicted octanol–water partition coefficient (Wildman–Crippen LogP) is 6.62. The lowest BCUT2D eigenvalue weighted by molar-refractivity contribution is -0.137. The zero-order valence-corrected chi connectivity index (χ0v) is 24.0. The molecule has 6 nitrogen and oxygen atoms in total. The molecule has 1 saturated heterocycles. The maximum atomic E-state index is 13.2. The van der Waals surface area contributed by atoms with Crippen LogP contribution in [0, 0.1) is 12.8 Å². The van der Waals surface area contributed by atoms with Gasteiger partial charge in [0.25, 0.3) is 5.91 Å². The van der Waals surface area contributed by atoms with Crippen LogP contribution in [0.15, 0.2) is 73.1 Å². The highest BCUT2D eigenvalue weighted by molar-refractivity contribution is 5.99. The number of carbonyl (C=O) groups is 1. The molecule has 1 fully saturated rings. The zero-order valence-electron chi connectivity index (χ0n) is 24.0. The van der Waals surface area contributed by atoms with E-state index in [-0.39, 0.29) is 12.3 Å². The van der Waals surface area contributed by atoms with Crippen molar-refractivity contribution >= 4 is 11.6 Å². The van der Waals surface area contributed by atoms with Crippen molar-refractivity contribution in [1.82, 2.24) is 19.9 Å². The number of benzene rings is 1. The minimum Gasteiger partial charge on any atom is -0.377 e.